The van der Waals surface area contributed by atoms with Crippen molar-refractivity contribution in [3.63, 3.8) is 0 Å². The van der Waals surface area contributed by atoms with Gasteiger partial charge in [0.2, 0.25) is 11.8 Å². The van der Waals surface area contributed by atoms with Crippen LogP contribution in [0, 0.1) is 5.41 Å². The zero-order chi connectivity index (χ0) is 16.0. The molecule has 0 bridgehead atoms. The fourth-order valence-electron chi connectivity index (χ4n) is 1.52. The van der Waals surface area contributed by atoms with Crippen molar-refractivity contribution in [1.29, 1.82) is 0 Å². The number of benzene rings is 1. The molecule has 1 rings (SSSR count). The smallest absolute Gasteiger partial charge is 0.243 e. The summed E-state index contributed by atoms with van der Waals surface area (Å²) in [5.74, 6) is 0.340. The number of hydrogen-bond acceptors (Lipinski definition) is 3. The average molecular weight is 292 g/mol. The van der Waals surface area contributed by atoms with Gasteiger partial charge in [-0.15, -0.1) is 0 Å². The van der Waals surface area contributed by atoms with Gasteiger partial charge in [-0.05, 0) is 38.1 Å². The topological polar surface area (TPSA) is 67.4 Å². The Morgan fingerprint density at radius 1 is 1.14 bits per heavy atom. The lowest BCUT2D eigenvalue weighted by Gasteiger charge is -2.17. The number of carbonyl (C=O) groups excluding carboxylic acids is 2. The molecule has 5 nitrogen and oxygen atoms in total. The van der Waals surface area contributed by atoms with Gasteiger partial charge in [-0.1, -0.05) is 20.8 Å². The molecule has 0 fully saturated rings. The molecule has 0 saturated carbocycles. The molecule has 2 amide bonds. The van der Waals surface area contributed by atoms with Gasteiger partial charge in [0.25, 0.3) is 0 Å². The Balaban J connectivity index is 2.46. The fraction of sp³-hybridized carbons (Fsp3) is 0.500. The summed E-state index contributed by atoms with van der Waals surface area (Å²) in [4.78, 5) is 23.4. The lowest BCUT2D eigenvalue weighted by Crippen LogP contribution is -2.39. The highest BCUT2D eigenvalue weighted by Crippen LogP contribution is 2.17. The van der Waals surface area contributed by atoms with E-state index in [-0.39, 0.29) is 24.5 Å². The van der Waals surface area contributed by atoms with E-state index in [2.05, 4.69) is 10.6 Å². The van der Waals surface area contributed by atoms with E-state index >= 15 is 0 Å². The second-order valence-corrected chi connectivity index (χ2v) is 6.17. The van der Waals surface area contributed by atoms with Gasteiger partial charge in [-0.2, -0.15) is 0 Å². The SMILES string of the molecule is CC(C)Oc1ccc(NC(=O)CNC(=O)C(C)(C)C)cc1. The molecular weight excluding hydrogens is 268 g/mol. The predicted molar refractivity (Wildman–Crippen MR) is 83.3 cm³/mol. The minimum Gasteiger partial charge on any atom is -0.491 e. The first kappa shape index (κ1) is 17.0. The second-order valence-electron chi connectivity index (χ2n) is 6.17. The molecule has 2 N–H and O–H groups in total. The molecule has 0 aliphatic heterocycles. The number of amides is 2. The molecule has 0 heterocycles. The monoisotopic (exact) mass is 292 g/mol. The molecule has 1 aromatic rings. The number of nitrogens with one attached hydrogen (secondary N) is 2. The van der Waals surface area contributed by atoms with Crippen molar-refractivity contribution in [2.75, 3.05) is 11.9 Å². The van der Waals surface area contributed by atoms with E-state index in [1.165, 1.54) is 0 Å². The summed E-state index contributed by atoms with van der Waals surface area (Å²) in [6.45, 7) is 9.26. The maximum Gasteiger partial charge on any atom is 0.243 e. The first-order valence-electron chi connectivity index (χ1n) is 7.03. The van der Waals surface area contributed by atoms with Crippen molar-refractivity contribution in [2.45, 2.75) is 40.7 Å². The van der Waals surface area contributed by atoms with Crippen molar-refractivity contribution in [2.24, 2.45) is 5.41 Å². The number of anilines is 1. The van der Waals surface area contributed by atoms with E-state index in [0.717, 1.165) is 5.75 Å². The average Bonchev–Trinajstić information content (AvgIpc) is 2.36. The summed E-state index contributed by atoms with van der Waals surface area (Å²) in [6.07, 6.45) is 0.109. The minimum absolute atomic E-state index is 0.0413. The third-order valence-corrected chi connectivity index (χ3v) is 2.60. The number of hydrogen-bond donors (Lipinski definition) is 2. The number of ether oxygens (including phenoxy) is 1. The summed E-state index contributed by atoms with van der Waals surface area (Å²) in [5.41, 5.74) is 0.164. The van der Waals surface area contributed by atoms with Gasteiger partial charge < -0.3 is 15.4 Å². The Morgan fingerprint density at radius 3 is 2.19 bits per heavy atom. The highest BCUT2D eigenvalue weighted by atomic mass is 16.5. The van der Waals surface area contributed by atoms with Crippen molar-refractivity contribution in [3.8, 4) is 5.75 Å². The Kier molecular flexibility index (Phi) is 5.76. The minimum atomic E-state index is -0.504. The van der Waals surface area contributed by atoms with E-state index in [1.807, 2.05) is 13.8 Å². The molecule has 21 heavy (non-hydrogen) atoms. The molecule has 0 aliphatic carbocycles. The van der Waals surface area contributed by atoms with Gasteiger partial charge in [0.15, 0.2) is 0 Å². The highest BCUT2D eigenvalue weighted by Gasteiger charge is 2.21. The first-order valence-corrected chi connectivity index (χ1v) is 7.03. The molecule has 0 aliphatic rings. The van der Waals surface area contributed by atoms with Gasteiger partial charge >= 0.3 is 0 Å². The Morgan fingerprint density at radius 2 is 1.71 bits per heavy atom. The third-order valence-electron chi connectivity index (χ3n) is 2.60. The van der Waals surface area contributed by atoms with Gasteiger partial charge in [0.05, 0.1) is 12.6 Å². The van der Waals surface area contributed by atoms with Gasteiger partial charge in [0.1, 0.15) is 5.75 Å². The molecule has 1 aromatic carbocycles. The molecule has 0 atom stereocenters. The van der Waals surface area contributed by atoms with Crippen LogP contribution in [-0.2, 0) is 9.59 Å². The third kappa shape index (κ3) is 6.29. The van der Waals surface area contributed by atoms with E-state index in [4.69, 9.17) is 4.74 Å². The van der Waals surface area contributed by atoms with E-state index in [9.17, 15) is 9.59 Å². The zero-order valence-electron chi connectivity index (χ0n) is 13.3. The maximum atomic E-state index is 11.7. The van der Waals surface area contributed by atoms with Crippen LogP contribution in [0.25, 0.3) is 0 Å². The molecule has 0 saturated heterocycles. The number of rotatable bonds is 5. The lowest BCUT2D eigenvalue weighted by atomic mass is 9.96. The van der Waals surface area contributed by atoms with E-state index < -0.39 is 5.41 Å². The van der Waals surface area contributed by atoms with Crippen LogP contribution in [-0.4, -0.2) is 24.5 Å². The largest absolute Gasteiger partial charge is 0.491 e. The summed E-state index contributed by atoms with van der Waals surface area (Å²) in [5, 5.41) is 5.32. The van der Waals surface area contributed by atoms with Gasteiger partial charge in [0, 0.05) is 11.1 Å². The molecule has 0 aromatic heterocycles. The Labute approximate surface area is 126 Å². The van der Waals surface area contributed by atoms with E-state index in [0.29, 0.717) is 5.69 Å². The summed E-state index contributed by atoms with van der Waals surface area (Å²) in [6, 6.07) is 7.12. The van der Waals surface area contributed by atoms with Crippen LogP contribution in [0.5, 0.6) is 5.75 Å². The Hall–Kier alpha value is -2.04. The predicted octanol–water partition coefficient (Wildman–Crippen LogP) is 2.57. The number of carbonyl (C=O) groups is 2. The standard InChI is InChI=1S/C16H24N2O3/c1-11(2)21-13-8-6-12(7-9-13)18-14(19)10-17-15(20)16(3,4)5/h6-9,11H,10H2,1-5H3,(H,17,20)(H,18,19). The van der Waals surface area contributed by atoms with Crippen molar-refractivity contribution in [3.05, 3.63) is 24.3 Å². The molecule has 5 heteroatoms. The van der Waals surface area contributed by atoms with Crippen LogP contribution in [0.2, 0.25) is 0 Å². The highest BCUT2D eigenvalue weighted by molar-refractivity contribution is 5.95. The first-order chi connectivity index (χ1) is 9.68. The van der Waals surface area contributed by atoms with Crippen LogP contribution in [0.1, 0.15) is 34.6 Å². The maximum absolute atomic E-state index is 11.7. The van der Waals surface area contributed by atoms with Crippen LogP contribution in [0.3, 0.4) is 0 Å². The fourth-order valence-corrected chi connectivity index (χ4v) is 1.52. The molecule has 0 spiro atoms. The molecular formula is C16H24N2O3. The Bertz CT molecular complexity index is 487. The summed E-state index contributed by atoms with van der Waals surface area (Å²) < 4.78 is 5.52. The summed E-state index contributed by atoms with van der Waals surface area (Å²) in [7, 11) is 0. The van der Waals surface area contributed by atoms with Crippen LogP contribution in [0.15, 0.2) is 24.3 Å². The quantitative estimate of drug-likeness (QED) is 0.876. The van der Waals surface area contributed by atoms with Crippen molar-refractivity contribution in [1.82, 2.24) is 5.32 Å². The molecule has 0 radical (unpaired) electrons. The van der Waals surface area contributed by atoms with Crippen LogP contribution < -0.4 is 15.4 Å². The second kappa shape index (κ2) is 7.11. The van der Waals surface area contributed by atoms with E-state index in [1.54, 1.807) is 45.0 Å². The van der Waals surface area contributed by atoms with Crippen molar-refractivity contribution < 1.29 is 14.3 Å². The normalized spacial score (nSPS) is 11.1. The summed E-state index contributed by atoms with van der Waals surface area (Å²) >= 11 is 0. The van der Waals surface area contributed by atoms with Crippen molar-refractivity contribution >= 4 is 17.5 Å². The molecule has 116 valence electrons. The molecule has 0 unspecified atom stereocenters. The lowest BCUT2D eigenvalue weighted by molar-refractivity contribution is -0.130. The van der Waals surface area contributed by atoms with Gasteiger partial charge in [-0.3, -0.25) is 9.59 Å². The van der Waals surface area contributed by atoms with Crippen LogP contribution >= 0.6 is 0 Å². The zero-order valence-corrected chi connectivity index (χ0v) is 13.3. The van der Waals surface area contributed by atoms with Crippen LogP contribution in [0.4, 0.5) is 5.69 Å². The van der Waals surface area contributed by atoms with Gasteiger partial charge in [-0.25, -0.2) is 0 Å².